The summed E-state index contributed by atoms with van der Waals surface area (Å²) in [5.41, 5.74) is 5.65. The second-order valence-electron chi connectivity index (χ2n) is 11.1. The number of hydrogen-bond acceptors (Lipinski definition) is 5. The number of hydrogen-bond donors (Lipinski definition) is 1. The Hall–Kier alpha value is -2.14. The van der Waals surface area contributed by atoms with Crippen molar-refractivity contribution in [1.29, 1.82) is 0 Å². The van der Waals surface area contributed by atoms with E-state index in [4.69, 9.17) is 9.97 Å². The normalized spacial score (nSPS) is 40.0. The summed E-state index contributed by atoms with van der Waals surface area (Å²) in [6.07, 6.45) is 6.21. The van der Waals surface area contributed by atoms with Crippen LogP contribution in [0.5, 0.6) is 5.75 Å². The molecular formula is C26H32N4O. The third-order valence-electron chi connectivity index (χ3n) is 9.97. The number of likely N-dealkylation sites (tertiary alicyclic amines) is 1. The molecule has 4 fully saturated rings. The molecule has 2 aliphatic heterocycles. The summed E-state index contributed by atoms with van der Waals surface area (Å²) in [4.78, 5) is 15.0. The number of phenols is 1. The van der Waals surface area contributed by atoms with Crippen molar-refractivity contribution in [1.82, 2.24) is 14.9 Å². The Balaban J connectivity index is 1.42. The van der Waals surface area contributed by atoms with Crippen LogP contribution in [0.4, 0.5) is 5.95 Å². The van der Waals surface area contributed by atoms with E-state index in [1.54, 1.807) is 0 Å². The van der Waals surface area contributed by atoms with Crippen LogP contribution in [0.3, 0.4) is 0 Å². The largest absolute Gasteiger partial charge is 0.508 e. The van der Waals surface area contributed by atoms with Crippen molar-refractivity contribution in [3.63, 3.8) is 0 Å². The second kappa shape index (κ2) is 5.80. The van der Waals surface area contributed by atoms with E-state index in [1.807, 2.05) is 6.07 Å². The number of rotatable bonds is 1. The summed E-state index contributed by atoms with van der Waals surface area (Å²) in [7, 11) is 2.35. The number of aromatic nitrogens is 2. The van der Waals surface area contributed by atoms with E-state index in [-0.39, 0.29) is 5.41 Å². The molecule has 5 heteroatoms. The fourth-order valence-electron chi connectivity index (χ4n) is 9.29. The zero-order valence-electron chi connectivity index (χ0n) is 18.8. The lowest BCUT2D eigenvalue weighted by molar-refractivity contribution is -0.0817. The molecule has 1 N–H and O–H groups in total. The number of aromatic hydroxyl groups is 1. The monoisotopic (exact) mass is 416 g/mol. The standard InChI is InChI=1S/C26H32N4O/c1-15-10-16(2)28-24(27-15)30-14-18-13-25-7-6-21(30)23(18)26(25)8-9-29(3)22(25)11-17-4-5-19(31)12-20(17)26/h4-5,10,12,18,21-23,31H,6-9,11,13-14H2,1-3H3/t18-,21?,22-,23?,25-,26+/m1/s1. The summed E-state index contributed by atoms with van der Waals surface area (Å²) >= 11 is 0. The molecule has 2 unspecified atom stereocenters. The van der Waals surface area contributed by atoms with Crippen LogP contribution in [-0.4, -0.2) is 52.2 Å². The molecule has 162 valence electrons. The van der Waals surface area contributed by atoms with Gasteiger partial charge in [0, 0.05) is 35.4 Å². The van der Waals surface area contributed by atoms with E-state index in [9.17, 15) is 5.11 Å². The topological polar surface area (TPSA) is 52.5 Å². The minimum absolute atomic E-state index is 0.192. The third-order valence-corrected chi connectivity index (χ3v) is 9.97. The van der Waals surface area contributed by atoms with Crippen LogP contribution in [0.1, 0.15) is 48.2 Å². The molecule has 0 spiro atoms. The number of aryl methyl sites for hydroxylation is 2. The third kappa shape index (κ3) is 2.07. The number of fused-ring (bicyclic) bond motifs is 1. The molecule has 0 radical (unpaired) electrons. The fourth-order valence-corrected chi connectivity index (χ4v) is 9.29. The van der Waals surface area contributed by atoms with Crippen LogP contribution >= 0.6 is 0 Å². The highest BCUT2D eigenvalue weighted by Gasteiger charge is 2.75. The minimum Gasteiger partial charge on any atom is -0.508 e. The Kier molecular flexibility index (Phi) is 3.45. The summed E-state index contributed by atoms with van der Waals surface area (Å²) < 4.78 is 0. The van der Waals surface area contributed by atoms with Crippen molar-refractivity contribution in [2.75, 3.05) is 25.0 Å². The van der Waals surface area contributed by atoms with Gasteiger partial charge < -0.3 is 14.9 Å². The van der Waals surface area contributed by atoms with Gasteiger partial charge in [-0.15, -0.1) is 0 Å². The predicted octanol–water partition coefficient (Wildman–Crippen LogP) is 3.60. The molecule has 6 atom stereocenters. The maximum atomic E-state index is 10.5. The second-order valence-corrected chi connectivity index (χ2v) is 11.1. The van der Waals surface area contributed by atoms with Crippen LogP contribution in [0.25, 0.3) is 0 Å². The van der Waals surface area contributed by atoms with E-state index in [0.717, 1.165) is 36.8 Å². The molecule has 5 aliphatic rings. The van der Waals surface area contributed by atoms with Crippen LogP contribution in [-0.2, 0) is 11.8 Å². The Labute approximate surface area is 184 Å². The lowest BCUT2D eigenvalue weighted by Gasteiger charge is -2.66. The maximum Gasteiger partial charge on any atom is 0.226 e. The molecule has 1 aromatic carbocycles. The van der Waals surface area contributed by atoms with Crippen LogP contribution in [0.2, 0.25) is 0 Å². The first kappa shape index (κ1) is 18.4. The van der Waals surface area contributed by atoms with Gasteiger partial charge in [0.15, 0.2) is 0 Å². The van der Waals surface area contributed by atoms with Crippen molar-refractivity contribution >= 4 is 5.95 Å². The van der Waals surface area contributed by atoms with Crippen molar-refractivity contribution in [3.8, 4) is 5.75 Å². The Bertz CT molecular complexity index is 1080. The van der Waals surface area contributed by atoms with Gasteiger partial charge in [0.2, 0.25) is 5.95 Å². The van der Waals surface area contributed by atoms with E-state index in [2.05, 4.69) is 48.9 Å². The van der Waals surface area contributed by atoms with Gasteiger partial charge in [-0.05, 0) is 106 Å². The van der Waals surface area contributed by atoms with Gasteiger partial charge in [-0.2, -0.15) is 0 Å². The molecule has 2 saturated carbocycles. The maximum absolute atomic E-state index is 10.5. The Morgan fingerprint density at radius 1 is 1.10 bits per heavy atom. The van der Waals surface area contributed by atoms with Crippen molar-refractivity contribution in [2.24, 2.45) is 17.3 Å². The number of nitrogens with zero attached hydrogens (tertiary/aromatic N) is 4. The average Bonchev–Trinajstić information content (AvgIpc) is 3.16. The van der Waals surface area contributed by atoms with Crippen molar-refractivity contribution in [3.05, 3.63) is 46.8 Å². The fraction of sp³-hybridized carbons (Fsp3) is 0.615. The summed E-state index contributed by atoms with van der Waals surface area (Å²) in [6.45, 7) is 6.42. The molecule has 31 heavy (non-hydrogen) atoms. The molecule has 2 saturated heterocycles. The van der Waals surface area contributed by atoms with Gasteiger partial charge in [0.05, 0.1) is 0 Å². The van der Waals surface area contributed by atoms with Crippen molar-refractivity contribution in [2.45, 2.75) is 63.5 Å². The quantitative estimate of drug-likeness (QED) is 0.770. The summed E-state index contributed by atoms with van der Waals surface area (Å²) in [5.74, 6) is 2.71. The van der Waals surface area contributed by atoms with Gasteiger partial charge >= 0.3 is 0 Å². The van der Waals surface area contributed by atoms with Crippen molar-refractivity contribution < 1.29 is 5.11 Å². The number of phenolic OH excluding ortho intramolecular Hbond substituents is 1. The molecule has 0 amide bonds. The highest BCUT2D eigenvalue weighted by atomic mass is 16.3. The molecule has 7 rings (SSSR count). The van der Waals surface area contributed by atoms with E-state index in [0.29, 0.717) is 35.1 Å². The SMILES string of the molecule is Cc1cc(C)nc(N2C[C@H]3C[C@@]45CCC2C3[C@@]42CCN(C)[C@@H]5Cc3ccc(O)cc32)n1. The first-order chi connectivity index (χ1) is 14.9. The highest BCUT2D eigenvalue weighted by molar-refractivity contribution is 5.53. The molecule has 1 aromatic heterocycles. The van der Waals surface area contributed by atoms with Gasteiger partial charge in [0.1, 0.15) is 5.75 Å². The first-order valence-corrected chi connectivity index (χ1v) is 12.0. The summed E-state index contributed by atoms with van der Waals surface area (Å²) in [6, 6.07) is 9.48. The number of likely N-dealkylation sites (N-methyl/N-ethyl adjacent to an activating group) is 1. The van der Waals surface area contributed by atoms with E-state index < -0.39 is 0 Å². The van der Waals surface area contributed by atoms with Gasteiger partial charge in [-0.25, -0.2) is 9.97 Å². The summed E-state index contributed by atoms with van der Waals surface area (Å²) in [5, 5.41) is 10.5. The average molecular weight is 417 g/mol. The number of benzene rings is 1. The molecule has 3 aliphatic carbocycles. The smallest absolute Gasteiger partial charge is 0.226 e. The highest BCUT2D eigenvalue weighted by Crippen LogP contribution is 2.75. The molecular weight excluding hydrogens is 384 g/mol. The predicted molar refractivity (Wildman–Crippen MR) is 120 cm³/mol. The lowest BCUT2D eigenvalue weighted by atomic mass is 9.43. The molecule has 3 heterocycles. The van der Waals surface area contributed by atoms with E-state index in [1.165, 1.54) is 36.8 Å². The Morgan fingerprint density at radius 2 is 1.90 bits per heavy atom. The molecule has 5 nitrogen and oxygen atoms in total. The van der Waals surface area contributed by atoms with Gasteiger partial charge in [0.25, 0.3) is 0 Å². The number of anilines is 1. The zero-order chi connectivity index (χ0) is 21.1. The van der Waals surface area contributed by atoms with Gasteiger partial charge in [-0.3, -0.25) is 0 Å². The van der Waals surface area contributed by atoms with Crippen LogP contribution in [0, 0.1) is 31.1 Å². The minimum atomic E-state index is 0.192. The zero-order valence-corrected chi connectivity index (χ0v) is 18.8. The van der Waals surface area contributed by atoms with Crippen LogP contribution < -0.4 is 4.90 Å². The van der Waals surface area contributed by atoms with Crippen LogP contribution in [0.15, 0.2) is 24.3 Å². The Morgan fingerprint density at radius 3 is 2.71 bits per heavy atom. The molecule has 2 aromatic rings. The lowest BCUT2D eigenvalue weighted by Crippen LogP contribution is -2.69. The first-order valence-electron chi connectivity index (χ1n) is 12.0. The molecule has 4 bridgehead atoms. The van der Waals surface area contributed by atoms with Gasteiger partial charge in [-0.1, -0.05) is 6.07 Å². The number of piperidine rings is 1. The van der Waals surface area contributed by atoms with E-state index >= 15 is 0 Å².